The van der Waals surface area contributed by atoms with Gasteiger partial charge in [-0.3, -0.25) is 0 Å². The molecule has 4 heteroatoms. The molecule has 0 bridgehead atoms. The van der Waals surface area contributed by atoms with E-state index in [0.717, 1.165) is 41.1 Å². The summed E-state index contributed by atoms with van der Waals surface area (Å²) in [6.45, 7) is 10.7. The van der Waals surface area contributed by atoms with Crippen molar-refractivity contribution in [2.24, 2.45) is 17.8 Å². The van der Waals surface area contributed by atoms with Crippen molar-refractivity contribution in [1.82, 2.24) is 0 Å². The molecule has 44 heavy (non-hydrogen) atoms. The summed E-state index contributed by atoms with van der Waals surface area (Å²) < 4.78 is 11.4. The lowest BCUT2D eigenvalue weighted by Crippen LogP contribution is -2.25. The maximum absolute atomic E-state index is 11.9. The molecule has 0 amide bonds. The van der Waals surface area contributed by atoms with Gasteiger partial charge in [0.2, 0.25) is 0 Å². The quantitative estimate of drug-likeness (QED) is 0.118. The highest BCUT2D eigenvalue weighted by Crippen LogP contribution is 2.45. The Kier molecular flexibility index (Phi) is 13.9. The maximum atomic E-state index is 11.9. The minimum absolute atomic E-state index is 0.0949. The molecule has 0 heterocycles. The highest BCUT2D eigenvalue weighted by atomic mass is 16.5. The van der Waals surface area contributed by atoms with Gasteiger partial charge in [-0.15, -0.1) is 0 Å². The lowest BCUT2D eigenvalue weighted by Gasteiger charge is -2.38. The van der Waals surface area contributed by atoms with Gasteiger partial charge in [-0.25, -0.2) is 4.79 Å². The Balaban J connectivity index is 1.39. The van der Waals surface area contributed by atoms with Gasteiger partial charge < -0.3 is 14.6 Å². The predicted octanol–water partition coefficient (Wildman–Crippen LogP) is 10.00. The number of esters is 1. The topological polar surface area (TPSA) is 55.8 Å². The van der Waals surface area contributed by atoms with E-state index in [9.17, 15) is 9.90 Å². The Hall–Kier alpha value is -2.59. The number of aliphatic hydroxyl groups excluding tert-OH is 1. The van der Waals surface area contributed by atoms with Crippen molar-refractivity contribution in [3.05, 3.63) is 65.2 Å². The number of unbranched alkanes of at least 4 members (excludes halogenated alkanes) is 2. The Bertz CT molecular complexity index is 1180. The van der Waals surface area contributed by atoms with Gasteiger partial charge in [-0.1, -0.05) is 83.2 Å². The fourth-order valence-electron chi connectivity index (χ4n) is 7.70. The molecule has 242 valence electrons. The zero-order chi connectivity index (χ0) is 31.3. The average Bonchev–Trinajstić information content (AvgIpc) is 3.05. The Morgan fingerprint density at radius 1 is 0.864 bits per heavy atom. The standard InChI is InChI=1S/C40H58O4/c1-5-7-8-10-30-11-13-32(14-12-30)33-15-17-34(18-16-33)35-19-21-38(31(6-2)27-35)36-20-22-39(43-25-9-24-41)37(28-36)23-26-44-40(42)29(3)4/h19-22,27-28,30,32-34,41H,3,5-18,23-26H2,1-2,4H3. The van der Waals surface area contributed by atoms with Crippen molar-refractivity contribution in [3.8, 4) is 16.9 Å². The monoisotopic (exact) mass is 602 g/mol. The number of rotatable bonds is 16. The van der Waals surface area contributed by atoms with Crippen molar-refractivity contribution in [3.63, 3.8) is 0 Å². The van der Waals surface area contributed by atoms with Gasteiger partial charge >= 0.3 is 5.97 Å². The van der Waals surface area contributed by atoms with Gasteiger partial charge in [0, 0.05) is 25.0 Å². The van der Waals surface area contributed by atoms with Crippen LogP contribution in [-0.2, 0) is 22.4 Å². The minimum atomic E-state index is -0.369. The van der Waals surface area contributed by atoms with E-state index in [0.29, 0.717) is 30.9 Å². The fourth-order valence-corrected chi connectivity index (χ4v) is 7.70. The van der Waals surface area contributed by atoms with E-state index in [4.69, 9.17) is 9.47 Å². The summed E-state index contributed by atoms with van der Waals surface area (Å²) in [5.74, 6) is 4.01. The number of ether oxygens (including phenoxy) is 2. The number of carbonyl (C=O) groups is 1. The van der Waals surface area contributed by atoms with E-state index in [1.54, 1.807) is 6.92 Å². The Morgan fingerprint density at radius 2 is 1.59 bits per heavy atom. The molecule has 0 radical (unpaired) electrons. The molecule has 0 aromatic heterocycles. The Labute approximate surface area is 267 Å². The number of carbonyl (C=O) groups excluding carboxylic acids is 1. The SMILES string of the molecule is C=C(C)C(=O)OCCc1cc(-c2ccc(C3CCC(C4CCC(CCCCC)CC4)CC3)cc2CC)ccc1OCCCO. The van der Waals surface area contributed by atoms with Crippen LogP contribution in [0.4, 0.5) is 0 Å². The fraction of sp³-hybridized carbons (Fsp3) is 0.625. The number of benzene rings is 2. The third-order valence-corrected chi connectivity index (χ3v) is 10.4. The summed E-state index contributed by atoms with van der Waals surface area (Å²) in [5.41, 5.74) is 6.74. The molecule has 0 saturated heterocycles. The molecular weight excluding hydrogens is 544 g/mol. The molecule has 2 aromatic rings. The van der Waals surface area contributed by atoms with E-state index in [1.165, 1.54) is 93.7 Å². The van der Waals surface area contributed by atoms with Crippen LogP contribution in [0.1, 0.15) is 127 Å². The number of aliphatic hydroxyl groups is 1. The van der Waals surface area contributed by atoms with Crippen molar-refractivity contribution < 1.29 is 19.4 Å². The van der Waals surface area contributed by atoms with Gasteiger partial charge in [-0.2, -0.15) is 0 Å². The number of hydrogen-bond donors (Lipinski definition) is 1. The molecule has 0 unspecified atom stereocenters. The third-order valence-electron chi connectivity index (χ3n) is 10.4. The second kappa shape index (κ2) is 17.8. The summed E-state index contributed by atoms with van der Waals surface area (Å²) in [6, 6.07) is 13.5. The zero-order valence-corrected chi connectivity index (χ0v) is 27.9. The molecular formula is C40H58O4. The van der Waals surface area contributed by atoms with Crippen LogP contribution in [0.2, 0.25) is 0 Å². The largest absolute Gasteiger partial charge is 0.493 e. The van der Waals surface area contributed by atoms with Crippen LogP contribution in [0.5, 0.6) is 5.75 Å². The first kappa shape index (κ1) is 34.3. The van der Waals surface area contributed by atoms with Crippen LogP contribution < -0.4 is 4.74 Å². The van der Waals surface area contributed by atoms with Gasteiger partial charge in [-0.05, 0) is 115 Å². The number of aryl methyl sites for hydroxylation is 1. The normalized spacial score (nSPS) is 22.0. The molecule has 2 aliphatic rings. The zero-order valence-electron chi connectivity index (χ0n) is 27.9. The highest BCUT2D eigenvalue weighted by Gasteiger charge is 2.31. The van der Waals surface area contributed by atoms with Crippen molar-refractivity contribution in [2.45, 2.75) is 123 Å². The molecule has 4 rings (SSSR count). The predicted molar refractivity (Wildman–Crippen MR) is 182 cm³/mol. The molecule has 1 N–H and O–H groups in total. The first-order valence-corrected chi connectivity index (χ1v) is 17.8. The summed E-state index contributed by atoms with van der Waals surface area (Å²) >= 11 is 0. The third kappa shape index (κ3) is 9.70. The smallest absolute Gasteiger partial charge is 0.333 e. The summed E-state index contributed by atoms with van der Waals surface area (Å²) in [6.07, 6.45) is 19.2. The second-order valence-electron chi connectivity index (χ2n) is 13.6. The molecule has 2 aliphatic carbocycles. The van der Waals surface area contributed by atoms with Gasteiger partial charge in [0.25, 0.3) is 0 Å². The molecule has 2 fully saturated rings. The van der Waals surface area contributed by atoms with Gasteiger partial charge in [0.05, 0.1) is 13.2 Å². The average molecular weight is 603 g/mol. The van der Waals surface area contributed by atoms with E-state index in [2.05, 4.69) is 50.8 Å². The van der Waals surface area contributed by atoms with E-state index in [1.807, 2.05) is 6.07 Å². The van der Waals surface area contributed by atoms with Crippen molar-refractivity contribution >= 4 is 5.97 Å². The van der Waals surface area contributed by atoms with E-state index in [-0.39, 0.29) is 19.2 Å². The second-order valence-corrected chi connectivity index (χ2v) is 13.6. The van der Waals surface area contributed by atoms with Gasteiger partial charge in [0.1, 0.15) is 5.75 Å². The molecule has 2 saturated carbocycles. The van der Waals surface area contributed by atoms with Gasteiger partial charge in [0.15, 0.2) is 0 Å². The maximum Gasteiger partial charge on any atom is 0.333 e. The lowest BCUT2D eigenvalue weighted by molar-refractivity contribution is -0.138. The summed E-state index contributed by atoms with van der Waals surface area (Å²) in [7, 11) is 0. The van der Waals surface area contributed by atoms with E-state index >= 15 is 0 Å². The lowest BCUT2D eigenvalue weighted by atomic mass is 9.68. The first-order valence-electron chi connectivity index (χ1n) is 17.8. The summed E-state index contributed by atoms with van der Waals surface area (Å²) in [4.78, 5) is 11.9. The van der Waals surface area contributed by atoms with Crippen LogP contribution in [-0.4, -0.2) is 30.9 Å². The van der Waals surface area contributed by atoms with E-state index < -0.39 is 0 Å². The van der Waals surface area contributed by atoms with Crippen LogP contribution >= 0.6 is 0 Å². The van der Waals surface area contributed by atoms with Crippen LogP contribution in [0.15, 0.2) is 48.6 Å². The number of hydrogen-bond acceptors (Lipinski definition) is 4. The highest BCUT2D eigenvalue weighted by molar-refractivity contribution is 5.86. The van der Waals surface area contributed by atoms with Crippen molar-refractivity contribution in [2.75, 3.05) is 19.8 Å². The summed E-state index contributed by atoms with van der Waals surface area (Å²) in [5, 5.41) is 9.20. The molecule has 0 atom stereocenters. The van der Waals surface area contributed by atoms with Crippen LogP contribution in [0.3, 0.4) is 0 Å². The minimum Gasteiger partial charge on any atom is -0.493 e. The molecule has 4 nitrogen and oxygen atoms in total. The first-order chi connectivity index (χ1) is 21.4. The Morgan fingerprint density at radius 3 is 2.25 bits per heavy atom. The van der Waals surface area contributed by atoms with Crippen LogP contribution in [0, 0.1) is 17.8 Å². The van der Waals surface area contributed by atoms with Crippen molar-refractivity contribution in [1.29, 1.82) is 0 Å². The molecule has 0 aliphatic heterocycles. The van der Waals surface area contributed by atoms with Crippen LogP contribution in [0.25, 0.3) is 11.1 Å². The molecule has 0 spiro atoms. The molecule has 2 aromatic carbocycles.